The van der Waals surface area contributed by atoms with Crippen molar-refractivity contribution in [2.24, 2.45) is 5.92 Å². The monoisotopic (exact) mass is 618 g/mol. The SMILES string of the molecule is CC(C)CCCCCCCCCCCC(=O)OC[C@@H](O)COC(=O)CCC/C=C\C/C=C\C/C=C\C/C=C\CCCCCO. The van der Waals surface area contributed by atoms with E-state index in [4.69, 9.17) is 14.6 Å². The summed E-state index contributed by atoms with van der Waals surface area (Å²) in [6.45, 7) is 4.57. The van der Waals surface area contributed by atoms with Crippen LogP contribution in [0.15, 0.2) is 48.6 Å². The Morgan fingerprint density at radius 2 is 0.955 bits per heavy atom. The van der Waals surface area contributed by atoms with Gasteiger partial charge in [-0.05, 0) is 63.7 Å². The second-order valence-electron chi connectivity index (χ2n) is 12.2. The van der Waals surface area contributed by atoms with Crippen LogP contribution < -0.4 is 0 Å². The number of esters is 2. The molecule has 0 aromatic rings. The molecule has 0 saturated heterocycles. The number of carbonyl (C=O) groups is 2. The molecule has 0 spiro atoms. The third-order valence-electron chi connectivity index (χ3n) is 7.30. The molecule has 0 unspecified atom stereocenters. The summed E-state index contributed by atoms with van der Waals surface area (Å²) < 4.78 is 10.2. The molecule has 2 N–H and O–H groups in total. The molecule has 0 amide bonds. The predicted octanol–water partition coefficient (Wildman–Crippen LogP) is 9.50. The molecule has 0 heterocycles. The van der Waals surface area contributed by atoms with Crippen molar-refractivity contribution in [2.75, 3.05) is 19.8 Å². The number of unbranched alkanes of at least 4 members (excludes halogenated alkanes) is 12. The van der Waals surface area contributed by atoms with Crippen molar-refractivity contribution >= 4 is 11.9 Å². The van der Waals surface area contributed by atoms with E-state index < -0.39 is 6.10 Å². The number of aliphatic hydroxyl groups is 2. The van der Waals surface area contributed by atoms with Gasteiger partial charge in [-0.2, -0.15) is 0 Å². The Labute approximate surface area is 270 Å². The molecule has 0 aromatic heterocycles. The molecule has 0 aliphatic heterocycles. The van der Waals surface area contributed by atoms with Crippen molar-refractivity contribution in [3.8, 4) is 0 Å². The van der Waals surface area contributed by atoms with Crippen LogP contribution in [0.5, 0.6) is 0 Å². The second-order valence-corrected chi connectivity index (χ2v) is 12.2. The minimum absolute atomic E-state index is 0.140. The van der Waals surface area contributed by atoms with Crippen molar-refractivity contribution in [3.05, 3.63) is 48.6 Å². The maximum Gasteiger partial charge on any atom is 0.305 e. The summed E-state index contributed by atoms with van der Waals surface area (Å²) in [5, 5.41) is 18.7. The highest BCUT2D eigenvalue weighted by atomic mass is 16.6. The van der Waals surface area contributed by atoms with E-state index in [1.807, 2.05) is 0 Å². The Morgan fingerprint density at radius 1 is 0.545 bits per heavy atom. The van der Waals surface area contributed by atoms with E-state index >= 15 is 0 Å². The number of ether oxygens (including phenoxy) is 2. The van der Waals surface area contributed by atoms with Gasteiger partial charge in [0.05, 0.1) is 0 Å². The van der Waals surface area contributed by atoms with Gasteiger partial charge in [-0.15, -0.1) is 0 Å². The lowest BCUT2D eigenvalue weighted by molar-refractivity contribution is -0.152. The molecular weight excluding hydrogens is 552 g/mol. The summed E-state index contributed by atoms with van der Waals surface area (Å²) in [4.78, 5) is 23.8. The fourth-order valence-corrected chi connectivity index (χ4v) is 4.59. The summed E-state index contributed by atoms with van der Waals surface area (Å²) in [7, 11) is 0. The molecule has 0 radical (unpaired) electrons. The number of allylic oxidation sites excluding steroid dienone is 8. The van der Waals surface area contributed by atoms with Crippen LogP contribution in [0.3, 0.4) is 0 Å². The predicted molar refractivity (Wildman–Crippen MR) is 183 cm³/mol. The van der Waals surface area contributed by atoms with Crippen LogP contribution in [0, 0.1) is 5.92 Å². The highest BCUT2D eigenvalue weighted by molar-refractivity contribution is 5.69. The summed E-state index contributed by atoms with van der Waals surface area (Å²) in [6.07, 6.45) is 37.5. The van der Waals surface area contributed by atoms with Gasteiger partial charge in [-0.1, -0.05) is 127 Å². The van der Waals surface area contributed by atoms with Gasteiger partial charge in [0.1, 0.15) is 19.3 Å². The van der Waals surface area contributed by atoms with Crippen molar-refractivity contribution in [3.63, 3.8) is 0 Å². The van der Waals surface area contributed by atoms with Crippen LogP contribution in [0.25, 0.3) is 0 Å². The Hall–Kier alpha value is -2.18. The topological polar surface area (TPSA) is 93.1 Å². The number of hydrogen-bond donors (Lipinski definition) is 2. The minimum Gasteiger partial charge on any atom is -0.463 e. The average molecular weight is 619 g/mol. The van der Waals surface area contributed by atoms with E-state index in [0.29, 0.717) is 25.9 Å². The molecule has 0 aliphatic rings. The van der Waals surface area contributed by atoms with E-state index in [9.17, 15) is 14.7 Å². The third-order valence-corrected chi connectivity index (χ3v) is 7.30. The van der Waals surface area contributed by atoms with Gasteiger partial charge >= 0.3 is 11.9 Å². The molecule has 0 bridgehead atoms. The van der Waals surface area contributed by atoms with Gasteiger partial charge in [0.15, 0.2) is 0 Å². The van der Waals surface area contributed by atoms with Crippen molar-refractivity contribution in [2.45, 2.75) is 155 Å². The average Bonchev–Trinajstić information content (AvgIpc) is 3.00. The molecule has 0 aromatic carbocycles. The first-order chi connectivity index (χ1) is 21.5. The van der Waals surface area contributed by atoms with Crippen molar-refractivity contribution < 1.29 is 29.3 Å². The largest absolute Gasteiger partial charge is 0.463 e. The number of aliphatic hydroxyl groups excluding tert-OH is 2. The molecule has 6 nitrogen and oxygen atoms in total. The van der Waals surface area contributed by atoms with Gasteiger partial charge in [-0.3, -0.25) is 9.59 Å². The normalized spacial score (nSPS) is 12.8. The van der Waals surface area contributed by atoms with Gasteiger partial charge in [-0.25, -0.2) is 0 Å². The number of carbonyl (C=O) groups excluding carboxylic acids is 2. The van der Waals surface area contributed by atoms with Gasteiger partial charge in [0.2, 0.25) is 0 Å². The standard InChI is InChI=1S/C38H66O6/c1-35(2)29-25-21-17-13-12-15-19-23-27-31-38(42)44-34-36(40)33-43-37(41)30-26-22-18-14-10-8-6-4-3-5-7-9-11-16-20-24-28-32-39/h3,5-6,8-9,11,14,18,35-36,39-40H,4,7,10,12-13,15-17,19-34H2,1-2H3/b5-3-,8-6-,11-9-,18-14-/t36-/m0/s1. The fraction of sp³-hybridized carbons (Fsp3) is 0.737. The zero-order valence-electron chi connectivity index (χ0n) is 28.3. The lowest BCUT2D eigenvalue weighted by atomic mass is 10.0. The molecule has 0 fully saturated rings. The highest BCUT2D eigenvalue weighted by Crippen LogP contribution is 2.13. The second kappa shape index (κ2) is 33.7. The zero-order valence-corrected chi connectivity index (χ0v) is 28.3. The number of rotatable bonds is 31. The molecule has 254 valence electrons. The van der Waals surface area contributed by atoms with Crippen molar-refractivity contribution in [1.82, 2.24) is 0 Å². The quantitative estimate of drug-likeness (QED) is 0.0457. The molecule has 0 aliphatic carbocycles. The van der Waals surface area contributed by atoms with Crippen molar-refractivity contribution in [1.29, 1.82) is 0 Å². The Bertz CT molecular complexity index is 767. The third kappa shape index (κ3) is 34.3. The molecule has 1 atom stereocenters. The summed E-state index contributed by atoms with van der Waals surface area (Å²) >= 11 is 0. The van der Waals surface area contributed by atoms with Crippen LogP contribution in [-0.2, 0) is 19.1 Å². The maximum atomic E-state index is 11.9. The highest BCUT2D eigenvalue weighted by Gasteiger charge is 2.12. The van der Waals surface area contributed by atoms with Gasteiger partial charge in [0, 0.05) is 19.4 Å². The first-order valence-electron chi connectivity index (χ1n) is 17.7. The number of hydrogen-bond acceptors (Lipinski definition) is 6. The first-order valence-corrected chi connectivity index (χ1v) is 17.7. The maximum absolute atomic E-state index is 11.9. The van der Waals surface area contributed by atoms with Gasteiger partial charge < -0.3 is 19.7 Å². The summed E-state index contributed by atoms with van der Waals surface area (Å²) in [6, 6.07) is 0. The summed E-state index contributed by atoms with van der Waals surface area (Å²) in [5.74, 6) is 0.165. The molecule has 0 saturated carbocycles. The van der Waals surface area contributed by atoms with Crippen LogP contribution >= 0.6 is 0 Å². The lowest BCUT2D eigenvalue weighted by Crippen LogP contribution is -2.25. The van der Waals surface area contributed by atoms with Crippen LogP contribution in [0.2, 0.25) is 0 Å². The van der Waals surface area contributed by atoms with Crippen LogP contribution in [0.4, 0.5) is 0 Å². The summed E-state index contributed by atoms with van der Waals surface area (Å²) in [5.41, 5.74) is 0. The Kier molecular flexibility index (Phi) is 32.0. The van der Waals surface area contributed by atoms with E-state index in [0.717, 1.165) is 76.5 Å². The fourth-order valence-electron chi connectivity index (χ4n) is 4.59. The van der Waals surface area contributed by atoms with E-state index in [1.54, 1.807) is 0 Å². The molecule has 0 rings (SSSR count). The van der Waals surface area contributed by atoms with Crippen LogP contribution in [0.1, 0.15) is 149 Å². The molecular formula is C38H66O6. The van der Waals surface area contributed by atoms with Gasteiger partial charge in [0.25, 0.3) is 0 Å². The molecule has 44 heavy (non-hydrogen) atoms. The Balaban J connectivity index is 3.57. The van der Waals surface area contributed by atoms with Crippen LogP contribution in [-0.4, -0.2) is 48.1 Å². The lowest BCUT2D eigenvalue weighted by Gasteiger charge is -2.12. The minimum atomic E-state index is -0.991. The van der Waals surface area contributed by atoms with E-state index in [2.05, 4.69) is 62.5 Å². The zero-order chi connectivity index (χ0) is 32.4. The Morgan fingerprint density at radius 3 is 1.45 bits per heavy atom. The van der Waals surface area contributed by atoms with E-state index in [-0.39, 0.29) is 25.2 Å². The molecule has 6 heteroatoms. The smallest absolute Gasteiger partial charge is 0.305 e. The first kappa shape index (κ1) is 41.8. The van der Waals surface area contributed by atoms with E-state index in [1.165, 1.54) is 44.9 Å².